The molecule has 0 heterocycles. The van der Waals surface area contributed by atoms with E-state index >= 15 is 0 Å². The van der Waals surface area contributed by atoms with Gasteiger partial charge in [-0.2, -0.15) is 0 Å². The molecule has 14 heteroatoms. The van der Waals surface area contributed by atoms with Gasteiger partial charge >= 0.3 is 19.8 Å². The third-order valence-corrected chi connectivity index (χ3v) is 11.3. The summed E-state index contributed by atoms with van der Waals surface area (Å²) in [6.07, 6.45) is 22.3. The van der Waals surface area contributed by atoms with Crippen LogP contribution in [-0.2, 0) is 32.7 Å². The van der Waals surface area contributed by atoms with Gasteiger partial charge in [-0.25, -0.2) is 4.57 Å². The first-order valence-electron chi connectivity index (χ1n) is 22.1. The number of phosphoric acid groups is 1. The molecule has 0 saturated heterocycles. The first-order valence-corrected chi connectivity index (χ1v) is 23.6. The average Bonchev–Trinajstić information content (AvgIpc) is 3.19. The third-order valence-electron chi connectivity index (χ3n) is 10.3. The number of aliphatic hydroxyl groups is 5. The van der Waals surface area contributed by atoms with E-state index in [2.05, 4.69) is 38.2 Å². The summed E-state index contributed by atoms with van der Waals surface area (Å²) < 4.78 is 33.5. The molecular weight excluding hydrogens is 755 g/mol. The normalized spacial score (nSPS) is 22.9. The van der Waals surface area contributed by atoms with Crippen LogP contribution in [0.15, 0.2) is 24.3 Å². The summed E-state index contributed by atoms with van der Waals surface area (Å²) in [6, 6.07) is 0. The molecule has 1 saturated carbocycles. The van der Waals surface area contributed by atoms with Crippen LogP contribution in [0.5, 0.6) is 0 Å². The highest BCUT2D eigenvalue weighted by Gasteiger charge is 2.51. The van der Waals surface area contributed by atoms with Gasteiger partial charge in [0.15, 0.2) is 6.10 Å². The van der Waals surface area contributed by atoms with Crippen LogP contribution in [0.3, 0.4) is 0 Å². The predicted octanol–water partition coefficient (Wildman–Crippen LogP) is 8.06. The fourth-order valence-electron chi connectivity index (χ4n) is 6.67. The van der Waals surface area contributed by atoms with E-state index in [4.69, 9.17) is 18.5 Å². The largest absolute Gasteiger partial charge is 0.472 e. The van der Waals surface area contributed by atoms with Crippen molar-refractivity contribution in [1.29, 1.82) is 0 Å². The number of aliphatic hydroxyl groups excluding tert-OH is 5. The number of phosphoric ester groups is 1. The van der Waals surface area contributed by atoms with E-state index in [-0.39, 0.29) is 12.8 Å². The molecule has 0 bridgehead atoms. The number of rotatable bonds is 36. The highest BCUT2D eigenvalue weighted by Crippen LogP contribution is 2.47. The maximum absolute atomic E-state index is 12.8. The molecule has 57 heavy (non-hydrogen) atoms. The molecule has 1 fully saturated rings. The number of esters is 2. The van der Waals surface area contributed by atoms with Gasteiger partial charge in [-0.1, -0.05) is 147 Å². The zero-order valence-electron chi connectivity index (χ0n) is 35.1. The third kappa shape index (κ3) is 26.9. The van der Waals surface area contributed by atoms with Crippen LogP contribution < -0.4 is 0 Å². The number of ether oxygens (including phenoxy) is 2. The molecule has 1 rings (SSSR count). The van der Waals surface area contributed by atoms with Gasteiger partial charge in [0.1, 0.15) is 43.2 Å². The van der Waals surface area contributed by atoms with E-state index in [1.165, 1.54) is 70.6 Å². The van der Waals surface area contributed by atoms with Crippen molar-refractivity contribution in [2.75, 3.05) is 13.2 Å². The van der Waals surface area contributed by atoms with Crippen molar-refractivity contribution in [2.45, 2.75) is 224 Å². The maximum atomic E-state index is 12.8. The summed E-state index contributed by atoms with van der Waals surface area (Å²) in [6.45, 7) is 3.25. The summed E-state index contributed by atoms with van der Waals surface area (Å²) >= 11 is 0. The number of carbonyl (C=O) groups excluding carboxylic acids is 2. The molecule has 1 aliphatic carbocycles. The Bertz CT molecular complexity index is 1100. The van der Waals surface area contributed by atoms with Crippen LogP contribution in [0.25, 0.3) is 0 Å². The molecule has 8 atom stereocenters. The Morgan fingerprint density at radius 3 is 1.46 bits per heavy atom. The molecule has 6 N–H and O–H groups in total. The first kappa shape index (κ1) is 53.3. The van der Waals surface area contributed by atoms with E-state index in [0.29, 0.717) is 12.8 Å². The summed E-state index contributed by atoms with van der Waals surface area (Å²) in [7, 11) is -5.11. The van der Waals surface area contributed by atoms with E-state index < -0.39 is 75.7 Å². The predicted molar refractivity (Wildman–Crippen MR) is 221 cm³/mol. The molecule has 334 valence electrons. The zero-order chi connectivity index (χ0) is 42.2. The minimum Gasteiger partial charge on any atom is -0.462 e. The summed E-state index contributed by atoms with van der Waals surface area (Å²) in [5.74, 6) is -1.11. The molecule has 1 aliphatic rings. The van der Waals surface area contributed by atoms with Gasteiger partial charge in [0.25, 0.3) is 0 Å². The molecule has 0 aromatic heterocycles. The first-order chi connectivity index (χ1) is 27.4. The monoisotopic (exact) mass is 835 g/mol. The molecule has 13 nitrogen and oxygen atoms in total. The molecule has 0 amide bonds. The quantitative estimate of drug-likeness (QED) is 0.0153. The van der Waals surface area contributed by atoms with Gasteiger partial charge in [0, 0.05) is 12.8 Å². The number of allylic oxidation sites excluding steroid dienone is 4. The molecule has 0 aliphatic heterocycles. The lowest BCUT2D eigenvalue weighted by molar-refractivity contribution is -0.220. The topological polar surface area (TPSA) is 210 Å². The van der Waals surface area contributed by atoms with Crippen molar-refractivity contribution in [2.24, 2.45) is 0 Å². The summed E-state index contributed by atoms with van der Waals surface area (Å²) in [5.41, 5.74) is 0. The highest BCUT2D eigenvalue weighted by atomic mass is 31.2. The van der Waals surface area contributed by atoms with Crippen LogP contribution in [0, 0.1) is 0 Å². The summed E-state index contributed by atoms with van der Waals surface area (Å²) in [5, 5.41) is 50.1. The van der Waals surface area contributed by atoms with Crippen molar-refractivity contribution in [1.82, 2.24) is 0 Å². The molecule has 6 unspecified atom stereocenters. The van der Waals surface area contributed by atoms with Crippen molar-refractivity contribution in [3.8, 4) is 0 Å². The molecule has 0 spiro atoms. The van der Waals surface area contributed by atoms with E-state index in [9.17, 15) is 44.6 Å². The molecule has 0 aromatic carbocycles. The Labute approximate surface area is 343 Å². The Morgan fingerprint density at radius 2 is 0.947 bits per heavy atom. The second-order valence-corrected chi connectivity index (χ2v) is 17.0. The van der Waals surface area contributed by atoms with E-state index in [0.717, 1.165) is 70.6 Å². The van der Waals surface area contributed by atoms with Crippen LogP contribution in [-0.4, -0.2) is 98.3 Å². The lowest BCUT2D eigenvalue weighted by Gasteiger charge is -2.41. The Balaban J connectivity index is 2.49. The van der Waals surface area contributed by atoms with Gasteiger partial charge in [-0.05, 0) is 44.9 Å². The SMILES string of the molecule is CCCCC/C=C/C/C=C/CCCCCCCC(=O)OC[C@@H](COP(=O)(O)OC1C(O)C(O)C(O)[C@H](O)C1O)OC(=O)CCCCCCCCCCCCCCC. The fourth-order valence-corrected chi connectivity index (χ4v) is 7.64. The molecule has 0 radical (unpaired) electrons. The van der Waals surface area contributed by atoms with E-state index in [1.807, 2.05) is 0 Å². The number of unbranched alkanes of at least 4 members (excludes halogenated alkanes) is 20. The van der Waals surface area contributed by atoms with Crippen molar-refractivity contribution >= 4 is 19.8 Å². The smallest absolute Gasteiger partial charge is 0.462 e. The average molecular weight is 835 g/mol. The zero-order valence-corrected chi connectivity index (χ0v) is 36.0. The summed E-state index contributed by atoms with van der Waals surface area (Å²) in [4.78, 5) is 35.6. The Hall–Kier alpha value is -1.67. The second kappa shape index (κ2) is 34.1. The second-order valence-electron chi connectivity index (χ2n) is 15.6. The molecular formula is C43H79O13P. The number of hydrogen-bond acceptors (Lipinski definition) is 12. The number of hydrogen-bond donors (Lipinski definition) is 6. The van der Waals surface area contributed by atoms with Crippen molar-refractivity contribution < 1.29 is 63.1 Å². The van der Waals surface area contributed by atoms with Crippen LogP contribution in [0.1, 0.15) is 181 Å². The van der Waals surface area contributed by atoms with E-state index in [1.54, 1.807) is 0 Å². The Morgan fingerprint density at radius 1 is 0.544 bits per heavy atom. The standard InChI is InChI=1S/C43H79O13P/c1-3-5-7-9-11-13-15-17-18-20-21-23-25-27-29-31-36(44)53-33-35(34-54-57(51,52)56-43-41(49)39(47)38(46)40(48)42(43)50)55-37(45)32-30-28-26-24-22-19-16-14-12-10-8-6-4-2/h11,13,17-18,35,38-43,46-50H,3-10,12,14-16,19-34H2,1-2H3,(H,51,52)/b13-11+,18-17+/t35-,38?,39-,40?,41?,42?,43?/m0/s1. The lowest BCUT2D eigenvalue weighted by atomic mass is 9.85. The van der Waals surface area contributed by atoms with Gasteiger partial charge in [0.2, 0.25) is 0 Å². The van der Waals surface area contributed by atoms with Gasteiger partial charge in [-0.15, -0.1) is 0 Å². The molecule has 0 aromatic rings. The maximum Gasteiger partial charge on any atom is 0.472 e. The minimum absolute atomic E-state index is 0.0972. The van der Waals surface area contributed by atoms with Crippen LogP contribution in [0.4, 0.5) is 0 Å². The fraction of sp³-hybridized carbons (Fsp3) is 0.860. The van der Waals surface area contributed by atoms with Crippen molar-refractivity contribution in [3.05, 3.63) is 24.3 Å². The number of carbonyl (C=O) groups is 2. The van der Waals surface area contributed by atoms with Gasteiger partial charge in [-0.3, -0.25) is 18.6 Å². The Kier molecular flexibility index (Phi) is 31.9. The van der Waals surface area contributed by atoms with Gasteiger partial charge in [0.05, 0.1) is 6.61 Å². The van der Waals surface area contributed by atoms with Crippen molar-refractivity contribution in [3.63, 3.8) is 0 Å². The lowest BCUT2D eigenvalue weighted by Crippen LogP contribution is -2.64. The minimum atomic E-state index is -5.11. The van der Waals surface area contributed by atoms with Gasteiger partial charge < -0.3 is 39.9 Å². The van der Waals surface area contributed by atoms with Crippen LogP contribution >= 0.6 is 7.82 Å². The van der Waals surface area contributed by atoms with Crippen LogP contribution in [0.2, 0.25) is 0 Å². The highest BCUT2D eigenvalue weighted by molar-refractivity contribution is 7.47.